The molecule has 0 spiro atoms. The summed E-state index contributed by atoms with van der Waals surface area (Å²) in [6.07, 6.45) is -2.94. The average molecular weight is 326 g/mol. The number of carbonyl (C=O) groups is 1. The Morgan fingerprint density at radius 3 is 2.48 bits per heavy atom. The first kappa shape index (κ1) is 17.0. The van der Waals surface area contributed by atoms with E-state index in [1.54, 1.807) is 25.5 Å². The van der Waals surface area contributed by atoms with Crippen LogP contribution in [0.1, 0.15) is 30.8 Å². The number of nitrogens with one attached hydrogen (secondary N) is 1. The number of nitrogens with zero attached hydrogens (tertiary/aromatic N) is 3. The highest BCUT2D eigenvalue weighted by Gasteiger charge is 2.34. The molecule has 0 aliphatic rings. The molecular weight excluding hydrogens is 309 g/mol. The lowest BCUT2D eigenvalue weighted by molar-refractivity contribution is -0.138. The summed E-state index contributed by atoms with van der Waals surface area (Å²) in [7, 11) is 1.74. The van der Waals surface area contributed by atoms with Gasteiger partial charge in [-0.15, -0.1) is 10.2 Å². The Labute approximate surface area is 131 Å². The second-order valence-corrected chi connectivity index (χ2v) is 5.74. The largest absolute Gasteiger partial charge is 0.416 e. The Morgan fingerprint density at radius 1 is 1.26 bits per heavy atom. The normalized spacial score (nSPS) is 12.3. The van der Waals surface area contributed by atoms with E-state index in [2.05, 4.69) is 15.5 Å². The highest BCUT2D eigenvalue weighted by Crippen LogP contribution is 2.32. The van der Waals surface area contributed by atoms with E-state index in [9.17, 15) is 18.0 Å². The molecular formula is C15H17F3N4O. The molecule has 0 saturated heterocycles. The van der Waals surface area contributed by atoms with Crippen molar-refractivity contribution in [2.45, 2.75) is 32.0 Å². The number of amides is 1. The number of hydrogen-bond donors (Lipinski definition) is 1. The van der Waals surface area contributed by atoms with Gasteiger partial charge < -0.3 is 9.88 Å². The van der Waals surface area contributed by atoms with E-state index in [0.29, 0.717) is 11.4 Å². The van der Waals surface area contributed by atoms with Crippen molar-refractivity contribution in [2.24, 2.45) is 7.05 Å². The van der Waals surface area contributed by atoms with Gasteiger partial charge in [-0.1, -0.05) is 18.2 Å². The first-order valence-electron chi connectivity index (χ1n) is 6.91. The molecule has 1 aromatic carbocycles. The van der Waals surface area contributed by atoms with Crippen molar-refractivity contribution in [3.8, 4) is 0 Å². The van der Waals surface area contributed by atoms with Crippen LogP contribution in [-0.2, 0) is 30.0 Å². The number of benzene rings is 1. The quantitative estimate of drug-likeness (QED) is 0.939. The molecule has 2 aromatic rings. The van der Waals surface area contributed by atoms with Crippen LogP contribution in [0, 0.1) is 0 Å². The standard InChI is InChI=1S/C15H17F3N4O/c1-14(2,10-5-4-6-11(7-10)15(16,17)18)13(23)19-8-12-21-20-9-22(12)3/h4-7,9H,8H2,1-3H3,(H,19,23). The van der Waals surface area contributed by atoms with Gasteiger partial charge in [-0.3, -0.25) is 4.79 Å². The molecule has 23 heavy (non-hydrogen) atoms. The molecule has 0 unspecified atom stereocenters. The molecule has 0 aliphatic carbocycles. The first-order chi connectivity index (χ1) is 10.6. The fourth-order valence-electron chi connectivity index (χ4n) is 2.06. The van der Waals surface area contributed by atoms with Gasteiger partial charge in [0.2, 0.25) is 5.91 Å². The minimum Gasteiger partial charge on any atom is -0.348 e. The number of hydrogen-bond acceptors (Lipinski definition) is 3. The fourth-order valence-corrected chi connectivity index (χ4v) is 2.06. The van der Waals surface area contributed by atoms with E-state index < -0.39 is 17.2 Å². The molecule has 0 atom stereocenters. The lowest BCUT2D eigenvalue weighted by Gasteiger charge is -2.25. The van der Waals surface area contributed by atoms with Gasteiger partial charge in [-0.05, 0) is 25.5 Å². The van der Waals surface area contributed by atoms with Gasteiger partial charge in [0.05, 0.1) is 17.5 Å². The Morgan fingerprint density at radius 2 is 1.91 bits per heavy atom. The van der Waals surface area contributed by atoms with Crippen molar-refractivity contribution in [1.82, 2.24) is 20.1 Å². The van der Waals surface area contributed by atoms with Crippen LogP contribution < -0.4 is 5.32 Å². The van der Waals surface area contributed by atoms with Crippen LogP contribution in [0.25, 0.3) is 0 Å². The molecule has 5 nitrogen and oxygen atoms in total. The number of aromatic nitrogens is 3. The smallest absolute Gasteiger partial charge is 0.348 e. The lowest BCUT2D eigenvalue weighted by atomic mass is 9.83. The summed E-state index contributed by atoms with van der Waals surface area (Å²) in [5, 5.41) is 10.2. The summed E-state index contributed by atoms with van der Waals surface area (Å²) in [5.41, 5.74) is -1.59. The van der Waals surface area contributed by atoms with Gasteiger partial charge in [0.15, 0.2) is 5.82 Å². The first-order valence-corrected chi connectivity index (χ1v) is 6.91. The molecule has 2 rings (SSSR count). The van der Waals surface area contributed by atoms with Gasteiger partial charge in [-0.2, -0.15) is 13.2 Å². The molecule has 0 aliphatic heterocycles. The van der Waals surface area contributed by atoms with Crippen LogP contribution in [0.4, 0.5) is 13.2 Å². The maximum atomic E-state index is 12.8. The monoisotopic (exact) mass is 326 g/mol. The third kappa shape index (κ3) is 3.69. The SMILES string of the molecule is Cn1cnnc1CNC(=O)C(C)(C)c1cccc(C(F)(F)F)c1. The molecule has 1 aromatic heterocycles. The lowest BCUT2D eigenvalue weighted by Crippen LogP contribution is -2.40. The highest BCUT2D eigenvalue weighted by molar-refractivity contribution is 5.87. The Kier molecular flexibility index (Phi) is 4.44. The molecule has 0 radical (unpaired) electrons. The van der Waals surface area contributed by atoms with Crippen LogP contribution in [0.15, 0.2) is 30.6 Å². The van der Waals surface area contributed by atoms with Crippen molar-refractivity contribution in [1.29, 1.82) is 0 Å². The minimum absolute atomic E-state index is 0.151. The molecule has 1 N–H and O–H groups in total. The highest BCUT2D eigenvalue weighted by atomic mass is 19.4. The van der Waals surface area contributed by atoms with Gasteiger partial charge >= 0.3 is 6.18 Å². The van der Waals surface area contributed by atoms with Crippen molar-refractivity contribution < 1.29 is 18.0 Å². The molecule has 1 amide bonds. The summed E-state index contributed by atoms with van der Waals surface area (Å²) in [6, 6.07) is 4.80. The molecule has 124 valence electrons. The summed E-state index contributed by atoms with van der Waals surface area (Å²) >= 11 is 0. The Bertz CT molecular complexity index is 707. The summed E-state index contributed by atoms with van der Waals surface area (Å²) in [5.74, 6) is 0.165. The van der Waals surface area contributed by atoms with Crippen LogP contribution in [0.5, 0.6) is 0 Å². The molecule has 8 heteroatoms. The van der Waals surface area contributed by atoms with Gasteiger partial charge in [0.25, 0.3) is 0 Å². The number of alkyl halides is 3. The van der Waals surface area contributed by atoms with E-state index in [-0.39, 0.29) is 12.5 Å². The van der Waals surface area contributed by atoms with Crippen LogP contribution in [0.3, 0.4) is 0 Å². The van der Waals surface area contributed by atoms with Crippen molar-refractivity contribution in [2.75, 3.05) is 0 Å². The molecule has 0 bridgehead atoms. The van der Waals surface area contributed by atoms with Gasteiger partial charge in [0.1, 0.15) is 6.33 Å². The predicted molar refractivity (Wildman–Crippen MR) is 77.3 cm³/mol. The minimum atomic E-state index is -4.44. The molecule has 1 heterocycles. The number of aryl methyl sites for hydroxylation is 1. The zero-order chi connectivity index (χ0) is 17.3. The maximum Gasteiger partial charge on any atom is 0.416 e. The van der Waals surface area contributed by atoms with Crippen LogP contribution >= 0.6 is 0 Å². The van der Waals surface area contributed by atoms with Crippen molar-refractivity contribution in [3.05, 3.63) is 47.5 Å². The topological polar surface area (TPSA) is 59.8 Å². The Balaban J connectivity index is 2.17. The van der Waals surface area contributed by atoms with E-state index in [1.165, 1.54) is 18.5 Å². The van der Waals surface area contributed by atoms with Gasteiger partial charge in [0, 0.05) is 7.05 Å². The van der Waals surface area contributed by atoms with Crippen LogP contribution in [-0.4, -0.2) is 20.7 Å². The third-order valence-corrected chi connectivity index (χ3v) is 3.69. The van der Waals surface area contributed by atoms with Gasteiger partial charge in [-0.25, -0.2) is 0 Å². The number of rotatable bonds is 4. The second kappa shape index (κ2) is 6.02. The molecule has 0 fully saturated rings. The zero-order valence-corrected chi connectivity index (χ0v) is 13.0. The summed E-state index contributed by atoms with van der Waals surface area (Å²) in [6.45, 7) is 3.31. The average Bonchev–Trinajstić information content (AvgIpc) is 2.89. The van der Waals surface area contributed by atoms with E-state index >= 15 is 0 Å². The summed E-state index contributed by atoms with van der Waals surface area (Å²) in [4.78, 5) is 12.4. The molecule has 0 saturated carbocycles. The van der Waals surface area contributed by atoms with E-state index in [1.807, 2.05) is 0 Å². The fraction of sp³-hybridized carbons (Fsp3) is 0.400. The number of carbonyl (C=O) groups excluding carboxylic acids is 1. The zero-order valence-electron chi connectivity index (χ0n) is 13.0. The van der Waals surface area contributed by atoms with E-state index in [4.69, 9.17) is 0 Å². The second-order valence-electron chi connectivity index (χ2n) is 5.74. The number of halogens is 3. The van der Waals surface area contributed by atoms with Crippen molar-refractivity contribution >= 4 is 5.91 Å². The predicted octanol–water partition coefficient (Wildman–Crippen LogP) is 2.43. The van der Waals surface area contributed by atoms with Crippen LogP contribution in [0.2, 0.25) is 0 Å². The maximum absolute atomic E-state index is 12.8. The summed E-state index contributed by atoms with van der Waals surface area (Å²) < 4.78 is 40.1. The van der Waals surface area contributed by atoms with Crippen molar-refractivity contribution in [3.63, 3.8) is 0 Å². The third-order valence-electron chi connectivity index (χ3n) is 3.69. The Hall–Kier alpha value is -2.38. The van der Waals surface area contributed by atoms with E-state index in [0.717, 1.165) is 12.1 Å².